The molecule has 0 bridgehead atoms. The maximum atomic E-state index is 12.4. The van der Waals surface area contributed by atoms with Gasteiger partial charge in [0.05, 0.1) is 0 Å². The number of aromatic nitrogens is 3. The SMILES string of the molecule is O=C1CC(c2nnc3n2CCCCC3)CN1Cc1ccccc1. The quantitative estimate of drug-likeness (QED) is 0.875. The van der Waals surface area contributed by atoms with E-state index in [-0.39, 0.29) is 11.8 Å². The Balaban J connectivity index is 1.51. The topological polar surface area (TPSA) is 51.0 Å². The maximum Gasteiger partial charge on any atom is 0.223 e. The lowest BCUT2D eigenvalue weighted by Gasteiger charge is -2.17. The summed E-state index contributed by atoms with van der Waals surface area (Å²) in [6, 6.07) is 10.2. The van der Waals surface area contributed by atoms with Crippen LogP contribution < -0.4 is 0 Å². The lowest BCUT2D eigenvalue weighted by Crippen LogP contribution is -2.24. The summed E-state index contributed by atoms with van der Waals surface area (Å²) in [7, 11) is 0. The summed E-state index contributed by atoms with van der Waals surface area (Å²) in [6.07, 6.45) is 5.22. The summed E-state index contributed by atoms with van der Waals surface area (Å²) in [6.45, 7) is 2.45. The van der Waals surface area contributed by atoms with Gasteiger partial charge in [0.2, 0.25) is 5.91 Å². The highest BCUT2D eigenvalue weighted by Crippen LogP contribution is 2.29. The molecule has 1 fully saturated rings. The number of fused-ring (bicyclic) bond motifs is 1. The lowest BCUT2D eigenvalue weighted by molar-refractivity contribution is -0.128. The Hall–Kier alpha value is -2.17. The number of rotatable bonds is 3. The van der Waals surface area contributed by atoms with Crippen molar-refractivity contribution in [1.82, 2.24) is 19.7 Å². The fraction of sp³-hybridized carbons (Fsp3) is 0.500. The van der Waals surface area contributed by atoms with Crippen molar-refractivity contribution in [2.75, 3.05) is 6.54 Å². The van der Waals surface area contributed by atoms with Crippen LogP contribution in [0.4, 0.5) is 0 Å². The number of likely N-dealkylation sites (tertiary alicyclic amines) is 1. The Labute approximate surface area is 136 Å². The fourth-order valence-corrected chi connectivity index (χ4v) is 3.71. The molecule has 4 rings (SSSR count). The summed E-state index contributed by atoms with van der Waals surface area (Å²) in [5.74, 6) is 2.53. The molecule has 120 valence electrons. The van der Waals surface area contributed by atoms with E-state index in [0.717, 1.165) is 31.2 Å². The normalized spacial score (nSPS) is 21.3. The molecule has 1 aromatic carbocycles. The van der Waals surface area contributed by atoms with E-state index in [0.29, 0.717) is 13.0 Å². The van der Waals surface area contributed by atoms with Gasteiger partial charge in [-0.1, -0.05) is 36.8 Å². The van der Waals surface area contributed by atoms with E-state index in [9.17, 15) is 4.79 Å². The van der Waals surface area contributed by atoms with Crippen LogP contribution in [0.25, 0.3) is 0 Å². The van der Waals surface area contributed by atoms with Crippen molar-refractivity contribution in [2.45, 2.75) is 51.1 Å². The Morgan fingerprint density at radius 3 is 2.83 bits per heavy atom. The Kier molecular flexibility index (Phi) is 3.85. The molecule has 1 saturated heterocycles. The van der Waals surface area contributed by atoms with Crippen molar-refractivity contribution in [3.63, 3.8) is 0 Å². The smallest absolute Gasteiger partial charge is 0.223 e. The molecule has 2 aliphatic rings. The highest BCUT2D eigenvalue weighted by atomic mass is 16.2. The largest absolute Gasteiger partial charge is 0.338 e. The minimum Gasteiger partial charge on any atom is -0.338 e. The zero-order chi connectivity index (χ0) is 15.6. The van der Waals surface area contributed by atoms with Crippen molar-refractivity contribution in [1.29, 1.82) is 0 Å². The molecule has 0 N–H and O–H groups in total. The summed E-state index contributed by atoms with van der Waals surface area (Å²) in [5.41, 5.74) is 1.18. The Morgan fingerprint density at radius 2 is 1.96 bits per heavy atom. The van der Waals surface area contributed by atoms with Crippen LogP contribution in [0, 0.1) is 0 Å². The highest BCUT2D eigenvalue weighted by Gasteiger charge is 2.34. The summed E-state index contributed by atoms with van der Waals surface area (Å²) < 4.78 is 2.27. The molecule has 23 heavy (non-hydrogen) atoms. The highest BCUT2D eigenvalue weighted by molar-refractivity contribution is 5.79. The maximum absolute atomic E-state index is 12.4. The van der Waals surface area contributed by atoms with Gasteiger partial charge in [0.15, 0.2) is 0 Å². The van der Waals surface area contributed by atoms with E-state index < -0.39 is 0 Å². The van der Waals surface area contributed by atoms with Crippen LogP contribution in [-0.2, 0) is 24.3 Å². The van der Waals surface area contributed by atoms with Crippen LogP contribution in [0.3, 0.4) is 0 Å². The number of hydrogen-bond acceptors (Lipinski definition) is 3. The van der Waals surface area contributed by atoms with Crippen LogP contribution in [-0.4, -0.2) is 32.1 Å². The van der Waals surface area contributed by atoms with Gasteiger partial charge in [0.25, 0.3) is 0 Å². The van der Waals surface area contributed by atoms with E-state index in [1.165, 1.54) is 24.8 Å². The summed E-state index contributed by atoms with van der Waals surface area (Å²) >= 11 is 0. The van der Waals surface area contributed by atoms with Gasteiger partial charge < -0.3 is 9.47 Å². The van der Waals surface area contributed by atoms with Crippen molar-refractivity contribution < 1.29 is 4.79 Å². The fourth-order valence-electron chi connectivity index (χ4n) is 3.71. The molecule has 1 unspecified atom stereocenters. The molecule has 1 atom stereocenters. The second kappa shape index (κ2) is 6.14. The number of carbonyl (C=O) groups is 1. The number of hydrogen-bond donors (Lipinski definition) is 0. The molecule has 1 amide bonds. The molecule has 1 aromatic heterocycles. The second-order valence-electron chi connectivity index (χ2n) is 6.60. The second-order valence-corrected chi connectivity index (χ2v) is 6.60. The van der Waals surface area contributed by atoms with Gasteiger partial charge in [-0.25, -0.2) is 0 Å². The van der Waals surface area contributed by atoms with Crippen molar-refractivity contribution in [3.05, 3.63) is 47.5 Å². The summed E-state index contributed by atoms with van der Waals surface area (Å²) in [4.78, 5) is 14.3. The van der Waals surface area contributed by atoms with Gasteiger partial charge in [-0.2, -0.15) is 0 Å². The predicted octanol–water partition coefficient (Wildman–Crippen LogP) is 2.52. The minimum absolute atomic E-state index is 0.186. The van der Waals surface area contributed by atoms with Crippen LogP contribution >= 0.6 is 0 Å². The first-order chi connectivity index (χ1) is 11.3. The van der Waals surface area contributed by atoms with Crippen molar-refractivity contribution in [2.24, 2.45) is 0 Å². The number of amides is 1. The van der Waals surface area contributed by atoms with E-state index >= 15 is 0 Å². The van der Waals surface area contributed by atoms with Gasteiger partial charge in [-0.15, -0.1) is 10.2 Å². The lowest BCUT2D eigenvalue weighted by atomic mass is 10.1. The van der Waals surface area contributed by atoms with Crippen LogP contribution in [0.1, 0.15) is 48.8 Å². The first-order valence-electron chi connectivity index (χ1n) is 8.55. The van der Waals surface area contributed by atoms with Crippen molar-refractivity contribution in [3.8, 4) is 0 Å². The number of benzene rings is 1. The third-order valence-electron chi connectivity index (χ3n) is 4.93. The molecule has 5 heteroatoms. The van der Waals surface area contributed by atoms with Gasteiger partial charge in [0, 0.05) is 38.4 Å². The van der Waals surface area contributed by atoms with E-state index in [1.807, 2.05) is 23.1 Å². The molecular formula is C18H22N4O. The summed E-state index contributed by atoms with van der Waals surface area (Å²) in [5, 5.41) is 8.81. The zero-order valence-electron chi connectivity index (χ0n) is 13.3. The van der Waals surface area contributed by atoms with Crippen LogP contribution in [0.15, 0.2) is 30.3 Å². The first kappa shape index (κ1) is 14.4. The van der Waals surface area contributed by atoms with Crippen LogP contribution in [0.5, 0.6) is 0 Å². The third-order valence-corrected chi connectivity index (χ3v) is 4.93. The molecule has 2 aromatic rings. The molecule has 3 heterocycles. The Morgan fingerprint density at radius 1 is 1.09 bits per heavy atom. The Bertz CT molecular complexity index is 694. The van der Waals surface area contributed by atoms with Gasteiger partial charge >= 0.3 is 0 Å². The van der Waals surface area contributed by atoms with Gasteiger partial charge in [-0.3, -0.25) is 4.79 Å². The van der Waals surface area contributed by atoms with Crippen molar-refractivity contribution >= 4 is 5.91 Å². The number of nitrogens with zero attached hydrogens (tertiary/aromatic N) is 4. The standard InChI is InChI=1S/C18H22N4O/c23-17-11-15(13-21(17)12-14-7-3-1-4-8-14)18-20-19-16-9-5-2-6-10-22(16)18/h1,3-4,7-8,15H,2,5-6,9-13H2. The van der Waals surface area contributed by atoms with E-state index in [1.54, 1.807) is 0 Å². The number of carbonyl (C=O) groups excluding carboxylic acids is 1. The third kappa shape index (κ3) is 2.87. The molecule has 5 nitrogen and oxygen atoms in total. The minimum atomic E-state index is 0.186. The predicted molar refractivity (Wildman–Crippen MR) is 86.8 cm³/mol. The van der Waals surface area contributed by atoms with E-state index in [2.05, 4.69) is 26.9 Å². The molecule has 0 radical (unpaired) electrons. The number of aryl methyl sites for hydroxylation is 1. The molecule has 0 saturated carbocycles. The van der Waals surface area contributed by atoms with Gasteiger partial charge in [0.1, 0.15) is 11.6 Å². The molecular weight excluding hydrogens is 288 g/mol. The average molecular weight is 310 g/mol. The molecule has 0 spiro atoms. The average Bonchev–Trinajstić information content (AvgIpc) is 3.04. The van der Waals surface area contributed by atoms with E-state index in [4.69, 9.17) is 0 Å². The van der Waals surface area contributed by atoms with Gasteiger partial charge in [-0.05, 0) is 18.4 Å². The zero-order valence-corrected chi connectivity index (χ0v) is 13.3. The molecule has 0 aliphatic carbocycles. The first-order valence-corrected chi connectivity index (χ1v) is 8.55. The van der Waals surface area contributed by atoms with Crippen LogP contribution in [0.2, 0.25) is 0 Å². The molecule has 2 aliphatic heterocycles. The monoisotopic (exact) mass is 310 g/mol.